The molecule has 0 aliphatic heterocycles. The second-order valence-electron chi connectivity index (χ2n) is 5.68. The number of rotatable bonds is 6. The lowest BCUT2D eigenvalue weighted by Gasteiger charge is -2.10. The average molecular weight is 385 g/mol. The first-order chi connectivity index (χ1) is 12.9. The molecule has 0 aliphatic carbocycles. The molecule has 0 atom stereocenters. The molecule has 0 saturated heterocycles. The Hall–Kier alpha value is -3.26. The van der Waals surface area contributed by atoms with Crippen molar-refractivity contribution in [2.45, 2.75) is 11.4 Å². The quantitative estimate of drug-likeness (QED) is 0.683. The first-order valence-electron chi connectivity index (χ1n) is 7.99. The van der Waals surface area contributed by atoms with Crippen molar-refractivity contribution < 1.29 is 17.6 Å². The second-order valence-corrected chi connectivity index (χ2v) is 7.37. The predicted molar refractivity (Wildman–Crippen MR) is 99.1 cm³/mol. The zero-order valence-electron chi connectivity index (χ0n) is 14.1. The van der Waals surface area contributed by atoms with E-state index in [1.807, 2.05) is 6.07 Å². The van der Waals surface area contributed by atoms with Gasteiger partial charge in [0.15, 0.2) is 0 Å². The van der Waals surface area contributed by atoms with E-state index in [0.29, 0.717) is 0 Å². The van der Waals surface area contributed by atoms with Gasteiger partial charge in [-0.15, -0.1) is 0 Å². The third kappa shape index (κ3) is 4.89. The van der Waals surface area contributed by atoms with Crippen molar-refractivity contribution in [1.29, 1.82) is 0 Å². The maximum Gasteiger partial charge on any atom is 0.261 e. The fraction of sp³-hybridized carbons (Fsp3) is 0.0526. The van der Waals surface area contributed by atoms with E-state index in [9.17, 15) is 17.6 Å². The van der Waals surface area contributed by atoms with E-state index in [4.69, 9.17) is 0 Å². The lowest BCUT2D eigenvalue weighted by molar-refractivity contribution is 0.0950. The zero-order valence-corrected chi connectivity index (χ0v) is 14.9. The van der Waals surface area contributed by atoms with Crippen molar-refractivity contribution in [2.24, 2.45) is 0 Å². The second kappa shape index (κ2) is 7.96. The molecule has 0 radical (unpaired) electrons. The lowest BCUT2D eigenvalue weighted by Crippen LogP contribution is -2.23. The van der Waals surface area contributed by atoms with Crippen LogP contribution in [0.1, 0.15) is 15.9 Å². The molecule has 1 amide bonds. The molecule has 0 spiro atoms. The number of hydrogen-bond acceptors (Lipinski definition) is 4. The summed E-state index contributed by atoms with van der Waals surface area (Å²) in [6, 6.07) is 14.2. The van der Waals surface area contributed by atoms with Gasteiger partial charge in [-0.05, 0) is 54.1 Å². The molecule has 3 aromatic rings. The zero-order chi connectivity index (χ0) is 19.3. The Labute approximate surface area is 156 Å². The first kappa shape index (κ1) is 18.5. The summed E-state index contributed by atoms with van der Waals surface area (Å²) in [5.74, 6) is -0.872. The van der Waals surface area contributed by atoms with Gasteiger partial charge < -0.3 is 5.32 Å². The van der Waals surface area contributed by atoms with Crippen molar-refractivity contribution in [2.75, 3.05) is 4.72 Å². The number of benzene rings is 2. The van der Waals surface area contributed by atoms with E-state index in [1.165, 1.54) is 36.4 Å². The molecule has 2 aromatic carbocycles. The summed E-state index contributed by atoms with van der Waals surface area (Å²) in [5, 5.41) is 2.71. The van der Waals surface area contributed by atoms with Gasteiger partial charge >= 0.3 is 0 Å². The molecule has 138 valence electrons. The molecule has 6 nitrogen and oxygen atoms in total. The third-order valence-corrected chi connectivity index (χ3v) is 5.06. The number of carbonyl (C=O) groups is 1. The third-order valence-electron chi connectivity index (χ3n) is 3.68. The number of anilines is 1. The van der Waals surface area contributed by atoms with Gasteiger partial charge in [0.2, 0.25) is 0 Å². The van der Waals surface area contributed by atoms with Crippen molar-refractivity contribution in [1.82, 2.24) is 10.3 Å². The van der Waals surface area contributed by atoms with Crippen LogP contribution in [0.3, 0.4) is 0 Å². The number of carbonyl (C=O) groups excluding carboxylic acids is 1. The van der Waals surface area contributed by atoms with Crippen LogP contribution >= 0.6 is 0 Å². The molecule has 0 saturated carbocycles. The van der Waals surface area contributed by atoms with Gasteiger partial charge in [0.05, 0.1) is 4.90 Å². The van der Waals surface area contributed by atoms with Gasteiger partial charge in [0.25, 0.3) is 15.9 Å². The number of pyridine rings is 1. The van der Waals surface area contributed by atoms with E-state index in [-0.39, 0.29) is 22.7 Å². The van der Waals surface area contributed by atoms with Crippen LogP contribution in [0.4, 0.5) is 10.1 Å². The largest absolute Gasteiger partial charge is 0.348 e. The van der Waals surface area contributed by atoms with Gasteiger partial charge in [0.1, 0.15) is 5.82 Å². The van der Waals surface area contributed by atoms with E-state index in [0.717, 1.165) is 17.7 Å². The Balaban J connectivity index is 1.73. The van der Waals surface area contributed by atoms with Gasteiger partial charge in [-0.2, -0.15) is 0 Å². The van der Waals surface area contributed by atoms with Gasteiger partial charge in [-0.25, -0.2) is 12.8 Å². The van der Waals surface area contributed by atoms with Gasteiger partial charge in [0, 0.05) is 30.2 Å². The number of amides is 1. The highest BCUT2D eigenvalue weighted by Gasteiger charge is 2.16. The van der Waals surface area contributed by atoms with Crippen LogP contribution in [0, 0.1) is 5.82 Å². The topological polar surface area (TPSA) is 88.2 Å². The molecule has 3 rings (SSSR count). The number of nitrogens with one attached hydrogen (secondary N) is 2. The summed E-state index contributed by atoms with van der Waals surface area (Å²) in [4.78, 5) is 16.2. The van der Waals surface area contributed by atoms with Crippen molar-refractivity contribution in [3.05, 3.63) is 90.0 Å². The molecule has 0 bridgehead atoms. The fourth-order valence-corrected chi connectivity index (χ4v) is 3.43. The SMILES string of the molecule is O=C(NCc1cccnc1)c1cccc(S(=O)(=O)Nc2ccc(F)cc2)c1. The van der Waals surface area contributed by atoms with Crippen molar-refractivity contribution in [3.63, 3.8) is 0 Å². The number of halogens is 1. The molecule has 1 aromatic heterocycles. The van der Waals surface area contributed by atoms with Crippen LogP contribution in [-0.4, -0.2) is 19.3 Å². The monoisotopic (exact) mass is 385 g/mol. The Morgan fingerprint density at radius 2 is 1.81 bits per heavy atom. The van der Waals surface area contributed by atoms with Crippen LogP contribution in [0.5, 0.6) is 0 Å². The van der Waals surface area contributed by atoms with Gasteiger partial charge in [-0.3, -0.25) is 14.5 Å². The molecule has 0 unspecified atom stereocenters. The van der Waals surface area contributed by atoms with Crippen LogP contribution in [-0.2, 0) is 16.6 Å². The summed E-state index contributed by atoms with van der Waals surface area (Å²) in [7, 11) is -3.91. The number of aromatic nitrogens is 1. The number of hydrogen-bond donors (Lipinski definition) is 2. The first-order valence-corrected chi connectivity index (χ1v) is 9.48. The molecule has 8 heteroatoms. The number of nitrogens with zero attached hydrogens (tertiary/aromatic N) is 1. The Morgan fingerprint density at radius 1 is 1.04 bits per heavy atom. The highest BCUT2D eigenvalue weighted by molar-refractivity contribution is 7.92. The Morgan fingerprint density at radius 3 is 2.52 bits per heavy atom. The van der Waals surface area contributed by atoms with E-state index in [2.05, 4.69) is 15.0 Å². The lowest BCUT2D eigenvalue weighted by atomic mass is 10.2. The Kier molecular flexibility index (Phi) is 5.46. The highest BCUT2D eigenvalue weighted by atomic mass is 32.2. The molecule has 1 heterocycles. The molecular formula is C19H16FN3O3S. The summed E-state index contributed by atoms with van der Waals surface area (Å²) in [5.41, 5.74) is 1.26. The van der Waals surface area contributed by atoms with Crippen molar-refractivity contribution in [3.8, 4) is 0 Å². The van der Waals surface area contributed by atoms with E-state index >= 15 is 0 Å². The predicted octanol–water partition coefficient (Wildman–Crippen LogP) is 2.95. The van der Waals surface area contributed by atoms with Gasteiger partial charge in [-0.1, -0.05) is 12.1 Å². The molecule has 0 aliphatic rings. The molecule has 2 N–H and O–H groups in total. The van der Waals surface area contributed by atoms with Crippen molar-refractivity contribution >= 4 is 21.6 Å². The maximum absolute atomic E-state index is 13.0. The number of sulfonamides is 1. The highest BCUT2D eigenvalue weighted by Crippen LogP contribution is 2.17. The summed E-state index contributed by atoms with van der Waals surface area (Å²) in [6.45, 7) is 0.275. The fourth-order valence-electron chi connectivity index (χ4n) is 2.32. The smallest absolute Gasteiger partial charge is 0.261 e. The van der Waals surface area contributed by atoms with E-state index in [1.54, 1.807) is 18.5 Å². The summed E-state index contributed by atoms with van der Waals surface area (Å²) in [6.07, 6.45) is 3.27. The maximum atomic E-state index is 13.0. The standard InChI is InChI=1S/C19H16FN3O3S/c20-16-6-8-17(9-7-16)23-27(25,26)18-5-1-4-15(11-18)19(24)22-13-14-3-2-10-21-12-14/h1-12,23H,13H2,(H,22,24). The Bertz CT molecular complexity index is 1040. The molecule has 0 fully saturated rings. The molecular weight excluding hydrogens is 369 g/mol. The molecule has 27 heavy (non-hydrogen) atoms. The minimum atomic E-state index is -3.91. The average Bonchev–Trinajstić information content (AvgIpc) is 2.68. The normalized spacial score (nSPS) is 11.0. The van der Waals surface area contributed by atoms with Crippen LogP contribution in [0.2, 0.25) is 0 Å². The van der Waals surface area contributed by atoms with Crippen LogP contribution in [0.15, 0.2) is 78.0 Å². The minimum absolute atomic E-state index is 0.0687. The van der Waals surface area contributed by atoms with Crippen LogP contribution in [0.25, 0.3) is 0 Å². The van der Waals surface area contributed by atoms with E-state index < -0.39 is 21.7 Å². The van der Waals surface area contributed by atoms with Crippen LogP contribution < -0.4 is 10.0 Å². The summed E-state index contributed by atoms with van der Waals surface area (Å²) < 4.78 is 40.3. The summed E-state index contributed by atoms with van der Waals surface area (Å²) >= 11 is 0. The minimum Gasteiger partial charge on any atom is -0.348 e.